The fraction of sp³-hybridized carbons (Fsp3) is 0.579. The van der Waals surface area contributed by atoms with E-state index in [4.69, 9.17) is 11.6 Å². The molecule has 0 radical (unpaired) electrons. The van der Waals surface area contributed by atoms with Gasteiger partial charge in [0.05, 0.1) is 12.2 Å². The molecule has 0 unspecified atom stereocenters. The molecule has 4 aliphatic rings. The van der Waals surface area contributed by atoms with E-state index in [-0.39, 0.29) is 0 Å². The number of rotatable bonds is 2. The number of aromatic nitrogens is 3. The number of hydrogen-bond acceptors (Lipinski definition) is 5. The van der Waals surface area contributed by atoms with Crippen LogP contribution in [0.3, 0.4) is 0 Å². The standard InChI is InChI=1S/C19H23ClN6/c1-18(4-5-18)25-7-13-6-14(20)2-3-15(13)26-16(8-25)22-23-17(26)24-11-19(12-24)9-21-10-19/h2-3,6,21H,4-5,7-12H2,1H3. The summed E-state index contributed by atoms with van der Waals surface area (Å²) < 4.78 is 2.27. The Morgan fingerprint density at radius 3 is 2.62 bits per heavy atom. The summed E-state index contributed by atoms with van der Waals surface area (Å²) >= 11 is 6.34. The lowest BCUT2D eigenvalue weighted by Crippen LogP contribution is -2.71. The maximum Gasteiger partial charge on any atom is 0.231 e. The molecular formula is C19H23ClN6. The van der Waals surface area contributed by atoms with Crippen molar-refractivity contribution in [2.24, 2.45) is 5.41 Å². The van der Waals surface area contributed by atoms with Gasteiger partial charge >= 0.3 is 0 Å². The second-order valence-electron chi connectivity index (χ2n) is 8.84. The second-order valence-corrected chi connectivity index (χ2v) is 9.27. The molecule has 3 fully saturated rings. The van der Waals surface area contributed by atoms with Gasteiger partial charge in [0.2, 0.25) is 5.95 Å². The summed E-state index contributed by atoms with van der Waals surface area (Å²) in [6.45, 7) is 8.52. The average molecular weight is 371 g/mol. The summed E-state index contributed by atoms with van der Waals surface area (Å²) in [6, 6.07) is 6.23. The zero-order valence-corrected chi connectivity index (χ0v) is 15.8. The molecule has 6 nitrogen and oxygen atoms in total. The summed E-state index contributed by atoms with van der Waals surface area (Å²) in [5.41, 5.74) is 3.21. The maximum atomic E-state index is 6.34. The minimum atomic E-state index is 0.291. The molecule has 136 valence electrons. The van der Waals surface area contributed by atoms with Crippen molar-refractivity contribution < 1.29 is 0 Å². The van der Waals surface area contributed by atoms with Crippen LogP contribution >= 0.6 is 11.6 Å². The Kier molecular flexibility index (Phi) is 2.97. The van der Waals surface area contributed by atoms with Gasteiger partial charge < -0.3 is 10.2 Å². The Hall–Kier alpha value is -1.63. The van der Waals surface area contributed by atoms with Gasteiger partial charge in [-0.1, -0.05) is 11.6 Å². The van der Waals surface area contributed by atoms with E-state index >= 15 is 0 Å². The van der Waals surface area contributed by atoms with Crippen molar-refractivity contribution in [2.75, 3.05) is 31.1 Å². The number of anilines is 1. The fourth-order valence-corrected chi connectivity index (χ4v) is 4.87. The summed E-state index contributed by atoms with van der Waals surface area (Å²) in [7, 11) is 0. The van der Waals surface area contributed by atoms with Crippen molar-refractivity contribution in [2.45, 2.75) is 38.4 Å². The first kappa shape index (κ1) is 15.4. The first-order chi connectivity index (χ1) is 12.6. The minimum absolute atomic E-state index is 0.291. The molecule has 1 spiro atoms. The Balaban J connectivity index is 1.44. The predicted octanol–water partition coefficient (Wildman–Crippen LogP) is 2.20. The number of nitrogens with zero attached hydrogens (tertiary/aromatic N) is 5. The lowest BCUT2D eigenvalue weighted by atomic mass is 9.75. The molecule has 1 aromatic heterocycles. The molecule has 3 aliphatic heterocycles. The molecule has 1 N–H and O–H groups in total. The van der Waals surface area contributed by atoms with Crippen molar-refractivity contribution >= 4 is 17.5 Å². The molecular weight excluding hydrogens is 348 g/mol. The van der Waals surface area contributed by atoms with E-state index in [2.05, 4.69) is 48.9 Å². The quantitative estimate of drug-likeness (QED) is 0.878. The van der Waals surface area contributed by atoms with E-state index in [0.717, 1.165) is 56.1 Å². The van der Waals surface area contributed by atoms with Gasteiger partial charge in [-0.3, -0.25) is 9.47 Å². The number of nitrogens with one attached hydrogen (secondary N) is 1. The van der Waals surface area contributed by atoms with E-state index in [0.29, 0.717) is 11.0 Å². The van der Waals surface area contributed by atoms with Crippen LogP contribution < -0.4 is 10.2 Å². The van der Waals surface area contributed by atoms with Gasteiger partial charge in [-0.05, 0) is 43.5 Å². The Bertz CT molecular complexity index is 889. The molecule has 7 heteroatoms. The van der Waals surface area contributed by atoms with Gasteiger partial charge in [-0.2, -0.15) is 0 Å². The maximum absolute atomic E-state index is 6.34. The predicted molar refractivity (Wildman–Crippen MR) is 101 cm³/mol. The summed E-state index contributed by atoms with van der Waals surface area (Å²) in [5, 5.41) is 13.4. The van der Waals surface area contributed by atoms with Gasteiger partial charge in [0.25, 0.3) is 0 Å². The van der Waals surface area contributed by atoms with Crippen molar-refractivity contribution in [3.8, 4) is 5.69 Å². The fourth-order valence-electron chi connectivity index (χ4n) is 4.68. The first-order valence-corrected chi connectivity index (χ1v) is 9.87. The highest BCUT2D eigenvalue weighted by molar-refractivity contribution is 6.30. The highest BCUT2D eigenvalue weighted by Gasteiger charge is 2.50. The van der Waals surface area contributed by atoms with Gasteiger partial charge in [0.15, 0.2) is 5.82 Å². The molecule has 1 saturated carbocycles. The van der Waals surface area contributed by atoms with Gasteiger partial charge in [0, 0.05) is 48.7 Å². The Morgan fingerprint density at radius 2 is 1.92 bits per heavy atom. The SMILES string of the molecule is CC1(N2Cc3cc(Cl)ccc3-n3c(nnc3N3CC4(CNC4)C3)C2)CC1. The molecule has 2 saturated heterocycles. The normalized spacial score (nSPS) is 25.1. The van der Waals surface area contributed by atoms with Crippen LogP contribution in [0.25, 0.3) is 5.69 Å². The van der Waals surface area contributed by atoms with Crippen LogP contribution in [-0.2, 0) is 13.1 Å². The Morgan fingerprint density at radius 1 is 1.12 bits per heavy atom. The summed E-state index contributed by atoms with van der Waals surface area (Å²) in [6.07, 6.45) is 2.51. The van der Waals surface area contributed by atoms with E-state index < -0.39 is 0 Å². The Labute approximate surface area is 158 Å². The third kappa shape index (κ3) is 2.12. The van der Waals surface area contributed by atoms with Crippen LogP contribution in [0.15, 0.2) is 18.2 Å². The van der Waals surface area contributed by atoms with E-state index in [1.54, 1.807) is 0 Å². The van der Waals surface area contributed by atoms with E-state index in [1.807, 2.05) is 6.07 Å². The molecule has 0 bridgehead atoms. The van der Waals surface area contributed by atoms with Crippen LogP contribution in [0.2, 0.25) is 5.02 Å². The third-order valence-corrected chi connectivity index (χ3v) is 7.00. The zero-order chi connectivity index (χ0) is 17.5. The van der Waals surface area contributed by atoms with E-state index in [9.17, 15) is 0 Å². The molecule has 4 heterocycles. The van der Waals surface area contributed by atoms with Crippen LogP contribution in [0.5, 0.6) is 0 Å². The smallest absolute Gasteiger partial charge is 0.231 e. The first-order valence-electron chi connectivity index (χ1n) is 9.49. The van der Waals surface area contributed by atoms with Crippen LogP contribution in [0, 0.1) is 5.41 Å². The summed E-state index contributed by atoms with van der Waals surface area (Å²) in [4.78, 5) is 4.93. The molecule has 6 rings (SSSR count). The zero-order valence-electron chi connectivity index (χ0n) is 15.0. The number of fused-ring (bicyclic) bond motifs is 3. The second kappa shape index (κ2) is 5.00. The van der Waals surface area contributed by atoms with E-state index in [1.165, 1.54) is 24.1 Å². The van der Waals surface area contributed by atoms with Crippen LogP contribution in [0.1, 0.15) is 31.2 Å². The summed E-state index contributed by atoms with van der Waals surface area (Å²) in [5.74, 6) is 2.03. The highest BCUT2D eigenvalue weighted by atomic mass is 35.5. The van der Waals surface area contributed by atoms with Gasteiger partial charge in [-0.25, -0.2) is 0 Å². The minimum Gasteiger partial charge on any atom is -0.339 e. The molecule has 0 amide bonds. The highest BCUT2D eigenvalue weighted by Crippen LogP contribution is 2.45. The van der Waals surface area contributed by atoms with Gasteiger partial charge in [-0.15, -0.1) is 10.2 Å². The number of halogens is 1. The monoisotopic (exact) mass is 370 g/mol. The molecule has 2 aromatic rings. The molecule has 1 aliphatic carbocycles. The lowest BCUT2D eigenvalue weighted by molar-refractivity contribution is 0.119. The topological polar surface area (TPSA) is 49.2 Å². The van der Waals surface area contributed by atoms with Crippen molar-refractivity contribution in [3.05, 3.63) is 34.6 Å². The molecule has 26 heavy (non-hydrogen) atoms. The largest absolute Gasteiger partial charge is 0.339 e. The third-order valence-electron chi connectivity index (χ3n) is 6.76. The van der Waals surface area contributed by atoms with Crippen LogP contribution in [-0.4, -0.2) is 51.4 Å². The number of hydrogen-bond donors (Lipinski definition) is 1. The average Bonchev–Trinajstić information content (AvgIpc) is 3.20. The van der Waals surface area contributed by atoms with Crippen molar-refractivity contribution in [1.82, 2.24) is 25.0 Å². The molecule has 0 atom stereocenters. The van der Waals surface area contributed by atoms with Crippen molar-refractivity contribution in [3.63, 3.8) is 0 Å². The van der Waals surface area contributed by atoms with Gasteiger partial charge in [0.1, 0.15) is 0 Å². The molecule has 1 aromatic carbocycles. The van der Waals surface area contributed by atoms with Crippen LogP contribution in [0.4, 0.5) is 5.95 Å². The van der Waals surface area contributed by atoms with Crippen molar-refractivity contribution in [1.29, 1.82) is 0 Å². The lowest BCUT2D eigenvalue weighted by Gasteiger charge is -2.56. The number of benzene rings is 1.